The molecular formula is C11H22ClN3O3. The highest BCUT2D eigenvalue weighted by Crippen LogP contribution is 2.12. The van der Waals surface area contributed by atoms with Gasteiger partial charge in [0.2, 0.25) is 11.8 Å². The highest BCUT2D eigenvalue weighted by Gasteiger charge is 2.31. The third-order valence-electron chi connectivity index (χ3n) is 3.24. The molecule has 6 nitrogen and oxygen atoms in total. The number of carbonyl (C=O) groups excluding carboxylic acids is 2. The van der Waals surface area contributed by atoms with Crippen LogP contribution in [0.5, 0.6) is 0 Å². The van der Waals surface area contributed by atoms with Gasteiger partial charge in [-0.05, 0) is 5.92 Å². The van der Waals surface area contributed by atoms with Crippen molar-refractivity contribution in [1.29, 1.82) is 0 Å². The lowest BCUT2D eigenvalue weighted by molar-refractivity contribution is -0.147. The van der Waals surface area contributed by atoms with Gasteiger partial charge in [-0.1, -0.05) is 20.3 Å². The van der Waals surface area contributed by atoms with Gasteiger partial charge in [-0.2, -0.15) is 0 Å². The lowest BCUT2D eigenvalue weighted by Gasteiger charge is -2.34. The summed E-state index contributed by atoms with van der Waals surface area (Å²) in [6.45, 7) is 4.93. The van der Waals surface area contributed by atoms with E-state index < -0.39 is 18.1 Å². The first-order valence-corrected chi connectivity index (χ1v) is 5.92. The fourth-order valence-electron chi connectivity index (χ4n) is 1.73. The van der Waals surface area contributed by atoms with Crippen molar-refractivity contribution < 1.29 is 14.3 Å². The fourth-order valence-corrected chi connectivity index (χ4v) is 1.73. The molecule has 18 heavy (non-hydrogen) atoms. The predicted octanol–water partition coefficient (Wildman–Crippen LogP) is -0.506. The van der Waals surface area contributed by atoms with Gasteiger partial charge in [0.15, 0.2) is 6.10 Å². The maximum absolute atomic E-state index is 12.1. The maximum Gasteiger partial charge on any atom is 0.248 e. The number of hydrogen-bond donors (Lipinski definition) is 2. The molecule has 106 valence electrons. The molecule has 3 unspecified atom stereocenters. The first kappa shape index (κ1) is 17.2. The molecular weight excluding hydrogens is 258 g/mol. The largest absolute Gasteiger partial charge is 0.367 e. The Bertz CT molecular complexity index is 301. The van der Waals surface area contributed by atoms with Gasteiger partial charge in [-0.3, -0.25) is 9.59 Å². The molecule has 1 aliphatic rings. The van der Waals surface area contributed by atoms with E-state index in [9.17, 15) is 9.59 Å². The van der Waals surface area contributed by atoms with Gasteiger partial charge in [0.05, 0.1) is 19.2 Å². The number of morpholine rings is 1. The molecule has 0 aromatic carbocycles. The summed E-state index contributed by atoms with van der Waals surface area (Å²) in [6, 6.07) is -0.522. The number of halogens is 1. The molecule has 0 aliphatic carbocycles. The quantitative estimate of drug-likeness (QED) is 0.724. The Morgan fingerprint density at radius 3 is 2.61 bits per heavy atom. The van der Waals surface area contributed by atoms with Crippen LogP contribution in [0.2, 0.25) is 0 Å². The molecule has 1 rings (SSSR count). The highest BCUT2D eigenvalue weighted by molar-refractivity contribution is 5.85. The Labute approximate surface area is 113 Å². The van der Waals surface area contributed by atoms with Gasteiger partial charge in [0, 0.05) is 6.54 Å². The summed E-state index contributed by atoms with van der Waals surface area (Å²) in [7, 11) is 0. The van der Waals surface area contributed by atoms with Crippen molar-refractivity contribution in [2.24, 2.45) is 17.4 Å². The normalized spacial score (nSPS) is 22.8. The molecule has 1 saturated heterocycles. The maximum atomic E-state index is 12.1. The second-order valence-corrected chi connectivity index (χ2v) is 4.46. The van der Waals surface area contributed by atoms with Crippen LogP contribution in [0.25, 0.3) is 0 Å². The van der Waals surface area contributed by atoms with Crippen LogP contribution in [0.1, 0.15) is 20.3 Å². The van der Waals surface area contributed by atoms with Crippen LogP contribution in [-0.2, 0) is 14.3 Å². The minimum Gasteiger partial charge on any atom is -0.367 e. The number of nitrogens with two attached hydrogens (primary N) is 2. The van der Waals surface area contributed by atoms with E-state index in [1.165, 1.54) is 0 Å². The molecule has 7 heteroatoms. The number of rotatable bonds is 4. The Balaban J connectivity index is 0.00000289. The molecule has 1 heterocycles. The third kappa shape index (κ3) is 4.12. The summed E-state index contributed by atoms with van der Waals surface area (Å²) >= 11 is 0. The topological polar surface area (TPSA) is 98.7 Å². The number of hydrogen-bond acceptors (Lipinski definition) is 4. The van der Waals surface area contributed by atoms with Gasteiger partial charge >= 0.3 is 0 Å². The Morgan fingerprint density at radius 1 is 1.50 bits per heavy atom. The summed E-state index contributed by atoms with van der Waals surface area (Å²) in [5, 5.41) is 0. The monoisotopic (exact) mass is 279 g/mol. The van der Waals surface area contributed by atoms with Crippen molar-refractivity contribution in [2.75, 3.05) is 19.7 Å². The zero-order chi connectivity index (χ0) is 13.0. The highest BCUT2D eigenvalue weighted by atomic mass is 35.5. The number of carbonyl (C=O) groups is 2. The van der Waals surface area contributed by atoms with E-state index in [1.54, 1.807) is 4.90 Å². The van der Waals surface area contributed by atoms with Crippen LogP contribution >= 0.6 is 12.4 Å². The van der Waals surface area contributed by atoms with E-state index in [-0.39, 0.29) is 30.8 Å². The molecule has 1 fully saturated rings. The van der Waals surface area contributed by atoms with E-state index in [0.29, 0.717) is 13.2 Å². The average molecular weight is 280 g/mol. The van der Waals surface area contributed by atoms with Crippen molar-refractivity contribution >= 4 is 24.2 Å². The minimum absolute atomic E-state index is 0. The molecule has 0 bridgehead atoms. The molecule has 0 radical (unpaired) electrons. The number of primary amides is 1. The second-order valence-electron chi connectivity index (χ2n) is 4.46. The van der Waals surface area contributed by atoms with Crippen LogP contribution in [0.3, 0.4) is 0 Å². The first-order chi connectivity index (χ1) is 7.97. The standard InChI is InChI=1S/C11H21N3O3.ClH/c1-3-7(2)9(12)11(16)14-4-5-17-8(6-14)10(13)15;/h7-9H,3-6,12H2,1-2H3,(H2,13,15);1H. The summed E-state index contributed by atoms with van der Waals surface area (Å²) in [5.74, 6) is -0.550. The molecule has 4 N–H and O–H groups in total. The van der Waals surface area contributed by atoms with Crippen LogP contribution in [0, 0.1) is 5.92 Å². The molecule has 0 aromatic heterocycles. The Morgan fingerprint density at radius 2 is 2.11 bits per heavy atom. The van der Waals surface area contributed by atoms with Gasteiger partial charge in [-0.25, -0.2) is 0 Å². The van der Waals surface area contributed by atoms with Gasteiger partial charge in [0.25, 0.3) is 0 Å². The van der Waals surface area contributed by atoms with Crippen LogP contribution in [0.4, 0.5) is 0 Å². The second kappa shape index (κ2) is 7.56. The summed E-state index contributed by atoms with van der Waals surface area (Å²) in [5.41, 5.74) is 11.0. The Kier molecular flexibility index (Phi) is 7.20. The van der Waals surface area contributed by atoms with Gasteiger partial charge in [0.1, 0.15) is 0 Å². The molecule has 0 spiro atoms. The average Bonchev–Trinajstić information content (AvgIpc) is 2.36. The van der Waals surface area contributed by atoms with Crippen molar-refractivity contribution in [2.45, 2.75) is 32.4 Å². The van der Waals surface area contributed by atoms with E-state index in [2.05, 4.69) is 0 Å². The minimum atomic E-state index is -0.711. The van der Waals surface area contributed by atoms with Crippen molar-refractivity contribution in [3.05, 3.63) is 0 Å². The summed E-state index contributed by atoms with van der Waals surface area (Å²) in [4.78, 5) is 24.6. The predicted molar refractivity (Wildman–Crippen MR) is 70.2 cm³/mol. The van der Waals surface area contributed by atoms with Crippen LogP contribution < -0.4 is 11.5 Å². The van der Waals surface area contributed by atoms with Crippen molar-refractivity contribution in [3.8, 4) is 0 Å². The van der Waals surface area contributed by atoms with Crippen LogP contribution in [-0.4, -0.2) is 48.6 Å². The molecule has 1 aliphatic heterocycles. The van der Waals surface area contributed by atoms with E-state index in [4.69, 9.17) is 16.2 Å². The Hall–Kier alpha value is -0.850. The molecule has 0 aromatic rings. The van der Waals surface area contributed by atoms with Crippen LogP contribution in [0.15, 0.2) is 0 Å². The number of amides is 2. The van der Waals surface area contributed by atoms with Crippen molar-refractivity contribution in [3.63, 3.8) is 0 Å². The third-order valence-corrected chi connectivity index (χ3v) is 3.24. The van der Waals surface area contributed by atoms with E-state index in [1.807, 2.05) is 13.8 Å². The molecule has 0 saturated carbocycles. The number of ether oxygens (including phenoxy) is 1. The lowest BCUT2D eigenvalue weighted by atomic mass is 9.98. The summed E-state index contributed by atoms with van der Waals surface area (Å²) < 4.78 is 5.18. The fraction of sp³-hybridized carbons (Fsp3) is 0.818. The van der Waals surface area contributed by atoms with Gasteiger partial charge < -0.3 is 21.1 Å². The molecule has 2 amide bonds. The lowest BCUT2D eigenvalue weighted by Crippen LogP contribution is -2.55. The van der Waals surface area contributed by atoms with Gasteiger partial charge in [-0.15, -0.1) is 12.4 Å². The SMILES string of the molecule is CCC(C)C(N)C(=O)N1CCOC(C(N)=O)C1.Cl. The summed E-state index contributed by atoms with van der Waals surface area (Å²) in [6.07, 6.45) is 0.132. The zero-order valence-corrected chi connectivity index (χ0v) is 11.6. The first-order valence-electron chi connectivity index (χ1n) is 5.92. The zero-order valence-electron chi connectivity index (χ0n) is 10.8. The van der Waals surface area contributed by atoms with E-state index in [0.717, 1.165) is 6.42 Å². The van der Waals surface area contributed by atoms with E-state index >= 15 is 0 Å². The smallest absolute Gasteiger partial charge is 0.248 e. The number of nitrogens with zero attached hydrogens (tertiary/aromatic N) is 1. The van der Waals surface area contributed by atoms with Crippen molar-refractivity contribution in [1.82, 2.24) is 4.90 Å². The molecule has 3 atom stereocenters.